The Morgan fingerprint density at radius 3 is 2.90 bits per heavy atom. The Bertz CT molecular complexity index is 768. The maximum Gasteiger partial charge on any atom is 0.180 e. The Hall–Kier alpha value is -2.08. The van der Waals surface area contributed by atoms with Gasteiger partial charge < -0.3 is 14.6 Å². The molecular formula is C15H16BrN5. The minimum Gasteiger partial charge on any atom is -0.372 e. The van der Waals surface area contributed by atoms with E-state index in [1.165, 1.54) is 5.56 Å². The van der Waals surface area contributed by atoms with Crippen LogP contribution in [-0.2, 0) is 6.54 Å². The van der Waals surface area contributed by atoms with Crippen LogP contribution >= 0.6 is 15.9 Å². The molecule has 2 heterocycles. The molecule has 3 rings (SSSR count). The largest absolute Gasteiger partial charge is 0.372 e. The highest BCUT2D eigenvalue weighted by Crippen LogP contribution is 2.23. The molecule has 0 aliphatic heterocycles. The zero-order chi connectivity index (χ0) is 14.8. The predicted octanol–water partition coefficient (Wildman–Crippen LogP) is 3.17. The fourth-order valence-electron chi connectivity index (χ4n) is 2.25. The zero-order valence-corrected chi connectivity index (χ0v) is 13.5. The van der Waals surface area contributed by atoms with E-state index < -0.39 is 0 Å². The summed E-state index contributed by atoms with van der Waals surface area (Å²) in [6.45, 7) is 0.754. The van der Waals surface area contributed by atoms with Gasteiger partial charge in [0.05, 0.1) is 6.20 Å². The van der Waals surface area contributed by atoms with Crippen LogP contribution < -0.4 is 10.2 Å². The summed E-state index contributed by atoms with van der Waals surface area (Å²) in [5, 5.41) is 3.08. The lowest BCUT2D eigenvalue weighted by atomic mass is 10.2. The number of nitrogens with one attached hydrogen (secondary N) is 1. The van der Waals surface area contributed by atoms with E-state index in [2.05, 4.69) is 42.2 Å². The van der Waals surface area contributed by atoms with Gasteiger partial charge in [-0.25, -0.2) is 9.97 Å². The minimum absolute atomic E-state index is 0.754. The third-order valence-corrected chi connectivity index (χ3v) is 4.11. The second-order valence-electron chi connectivity index (χ2n) is 4.81. The maximum absolute atomic E-state index is 4.63. The van der Waals surface area contributed by atoms with E-state index in [1.807, 2.05) is 49.1 Å². The summed E-state index contributed by atoms with van der Waals surface area (Å²) in [4.78, 5) is 11.1. The van der Waals surface area contributed by atoms with E-state index in [0.29, 0.717) is 0 Å². The third kappa shape index (κ3) is 2.71. The van der Waals surface area contributed by atoms with Crippen molar-refractivity contribution in [1.29, 1.82) is 0 Å². The highest BCUT2D eigenvalue weighted by atomic mass is 79.9. The van der Waals surface area contributed by atoms with Gasteiger partial charge in [0.25, 0.3) is 0 Å². The van der Waals surface area contributed by atoms with E-state index >= 15 is 0 Å². The molecule has 0 aliphatic carbocycles. The summed E-state index contributed by atoms with van der Waals surface area (Å²) >= 11 is 3.59. The highest BCUT2D eigenvalue weighted by molar-refractivity contribution is 9.10. The first-order valence-electron chi connectivity index (χ1n) is 6.65. The van der Waals surface area contributed by atoms with Gasteiger partial charge in [-0.05, 0) is 11.6 Å². The summed E-state index contributed by atoms with van der Waals surface area (Å²) < 4.78 is 3.08. The van der Waals surface area contributed by atoms with Crippen LogP contribution in [0.5, 0.6) is 0 Å². The van der Waals surface area contributed by atoms with Gasteiger partial charge in [0, 0.05) is 37.5 Å². The predicted molar refractivity (Wildman–Crippen MR) is 88.8 cm³/mol. The number of anilines is 2. The van der Waals surface area contributed by atoms with Crippen LogP contribution in [0.3, 0.4) is 0 Å². The van der Waals surface area contributed by atoms with Crippen molar-refractivity contribution in [3.8, 4) is 0 Å². The van der Waals surface area contributed by atoms with Crippen molar-refractivity contribution in [3.05, 3.63) is 52.9 Å². The van der Waals surface area contributed by atoms with Crippen LogP contribution in [0.15, 0.2) is 47.3 Å². The lowest BCUT2D eigenvalue weighted by Crippen LogP contribution is -2.19. The summed E-state index contributed by atoms with van der Waals surface area (Å²) in [5.41, 5.74) is 2.06. The lowest BCUT2D eigenvalue weighted by Gasteiger charge is -2.20. The number of benzene rings is 1. The van der Waals surface area contributed by atoms with Crippen LogP contribution in [0.1, 0.15) is 5.56 Å². The average molecular weight is 346 g/mol. The van der Waals surface area contributed by atoms with Gasteiger partial charge in [0.1, 0.15) is 5.82 Å². The molecule has 2 aromatic heterocycles. The van der Waals surface area contributed by atoms with E-state index in [0.717, 1.165) is 28.3 Å². The van der Waals surface area contributed by atoms with Crippen molar-refractivity contribution >= 4 is 33.2 Å². The van der Waals surface area contributed by atoms with Crippen molar-refractivity contribution in [2.45, 2.75) is 6.54 Å². The highest BCUT2D eigenvalue weighted by Gasteiger charge is 2.13. The van der Waals surface area contributed by atoms with Crippen LogP contribution in [0.2, 0.25) is 0 Å². The summed E-state index contributed by atoms with van der Waals surface area (Å²) in [6, 6.07) is 8.20. The van der Waals surface area contributed by atoms with Crippen LogP contribution in [-0.4, -0.2) is 28.5 Å². The van der Waals surface area contributed by atoms with Gasteiger partial charge in [0.2, 0.25) is 0 Å². The molecule has 0 fully saturated rings. The summed E-state index contributed by atoms with van der Waals surface area (Å²) in [5.74, 6) is 1.66. The topological polar surface area (TPSA) is 45.5 Å². The number of halogens is 1. The third-order valence-electron chi connectivity index (χ3n) is 3.34. The Balaban J connectivity index is 1.99. The minimum atomic E-state index is 0.754. The molecule has 108 valence electrons. The molecule has 0 saturated carbocycles. The van der Waals surface area contributed by atoms with Crippen molar-refractivity contribution in [2.24, 2.45) is 0 Å². The van der Waals surface area contributed by atoms with Crippen molar-refractivity contribution in [1.82, 2.24) is 14.4 Å². The SMILES string of the molecule is CNc1cn2ccnc2c(N(C)Cc2ccccc2Br)n1. The number of fused-ring (bicyclic) bond motifs is 1. The number of hydrogen-bond donors (Lipinski definition) is 1. The Labute approximate surface area is 131 Å². The molecule has 6 heteroatoms. The number of imidazole rings is 1. The lowest BCUT2D eigenvalue weighted by molar-refractivity contribution is 0.889. The van der Waals surface area contributed by atoms with Crippen molar-refractivity contribution < 1.29 is 0 Å². The van der Waals surface area contributed by atoms with Crippen LogP contribution in [0, 0.1) is 0 Å². The first kappa shape index (κ1) is 13.9. The molecule has 3 aromatic rings. The second-order valence-corrected chi connectivity index (χ2v) is 5.66. The molecule has 5 nitrogen and oxygen atoms in total. The number of hydrogen-bond acceptors (Lipinski definition) is 4. The monoisotopic (exact) mass is 345 g/mol. The Morgan fingerprint density at radius 2 is 2.14 bits per heavy atom. The molecule has 0 aliphatic rings. The normalized spacial score (nSPS) is 10.8. The van der Waals surface area contributed by atoms with Crippen molar-refractivity contribution in [3.63, 3.8) is 0 Å². The number of aromatic nitrogens is 3. The molecule has 0 amide bonds. The number of nitrogens with zero attached hydrogens (tertiary/aromatic N) is 4. The summed E-state index contributed by atoms with van der Waals surface area (Å²) in [7, 11) is 3.89. The molecule has 0 unspecified atom stereocenters. The Kier molecular flexibility index (Phi) is 3.79. The van der Waals surface area contributed by atoms with Crippen molar-refractivity contribution in [2.75, 3.05) is 24.3 Å². The van der Waals surface area contributed by atoms with E-state index in [-0.39, 0.29) is 0 Å². The first-order chi connectivity index (χ1) is 10.2. The van der Waals surface area contributed by atoms with Gasteiger partial charge in [-0.3, -0.25) is 0 Å². The molecule has 0 atom stereocenters. The average Bonchev–Trinajstić information content (AvgIpc) is 2.96. The molecule has 1 aromatic carbocycles. The molecule has 0 saturated heterocycles. The summed E-state index contributed by atoms with van der Waals surface area (Å²) in [6.07, 6.45) is 5.64. The standard InChI is InChI=1S/C15H16BrN5/c1-17-13-10-21-8-7-18-14(21)15(19-13)20(2)9-11-5-3-4-6-12(11)16/h3-8,10,17H,9H2,1-2H3. The molecule has 21 heavy (non-hydrogen) atoms. The van der Waals surface area contributed by atoms with Crippen LogP contribution in [0.4, 0.5) is 11.6 Å². The second kappa shape index (κ2) is 5.73. The fraction of sp³-hybridized carbons (Fsp3) is 0.200. The molecule has 0 radical (unpaired) electrons. The van der Waals surface area contributed by atoms with Gasteiger partial charge in [0.15, 0.2) is 11.5 Å². The van der Waals surface area contributed by atoms with Gasteiger partial charge >= 0.3 is 0 Å². The molecule has 1 N–H and O–H groups in total. The molecule has 0 bridgehead atoms. The Morgan fingerprint density at radius 1 is 1.33 bits per heavy atom. The number of rotatable bonds is 4. The smallest absolute Gasteiger partial charge is 0.180 e. The quantitative estimate of drug-likeness (QED) is 0.788. The first-order valence-corrected chi connectivity index (χ1v) is 7.44. The maximum atomic E-state index is 4.63. The van der Waals surface area contributed by atoms with Gasteiger partial charge in [-0.2, -0.15) is 0 Å². The van der Waals surface area contributed by atoms with E-state index in [9.17, 15) is 0 Å². The molecule has 0 spiro atoms. The zero-order valence-electron chi connectivity index (χ0n) is 11.9. The van der Waals surface area contributed by atoms with E-state index in [4.69, 9.17) is 0 Å². The molecular weight excluding hydrogens is 330 g/mol. The van der Waals surface area contributed by atoms with E-state index in [1.54, 1.807) is 6.20 Å². The fourth-order valence-corrected chi connectivity index (χ4v) is 2.66. The van der Waals surface area contributed by atoms with Crippen LogP contribution in [0.25, 0.3) is 5.65 Å². The van der Waals surface area contributed by atoms with Gasteiger partial charge in [-0.15, -0.1) is 0 Å². The van der Waals surface area contributed by atoms with Gasteiger partial charge in [-0.1, -0.05) is 34.1 Å².